The molecular formula is C15H22N4O3. The summed E-state index contributed by atoms with van der Waals surface area (Å²) in [6.45, 7) is 3.55. The van der Waals surface area contributed by atoms with E-state index in [1.54, 1.807) is 4.90 Å². The fourth-order valence-electron chi connectivity index (χ4n) is 3.39. The number of carbonyl (C=O) groups is 1. The van der Waals surface area contributed by atoms with Crippen molar-refractivity contribution in [1.82, 2.24) is 19.4 Å². The molecule has 1 atom stereocenters. The highest BCUT2D eigenvalue weighted by Crippen LogP contribution is 2.20. The topological polar surface area (TPSA) is 78.4 Å². The molecule has 2 fully saturated rings. The number of likely N-dealkylation sites (tertiary alicyclic amines) is 2. The first-order valence-electron chi connectivity index (χ1n) is 7.89. The van der Waals surface area contributed by atoms with E-state index in [9.17, 15) is 14.4 Å². The Kier molecular flexibility index (Phi) is 4.15. The van der Waals surface area contributed by atoms with Gasteiger partial charge < -0.3 is 9.47 Å². The maximum atomic E-state index is 12.5. The third-order valence-electron chi connectivity index (χ3n) is 4.70. The van der Waals surface area contributed by atoms with Gasteiger partial charge in [-0.05, 0) is 32.4 Å². The number of H-pyrrole nitrogens is 1. The highest BCUT2D eigenvalue weighted by Gasteiger charge is 2.32. The molecule has 1 aromatic heterocycles. The zero-order valence-electron chi connectivity index (χ0n) is 12.9. The van der Waals surface area contributed by atoms with Gasteiger partial charge in [0.25, 0.3) is 11.5 Å². The van der Waals surface area contributed by atoms with Gasteiger partial charge in [0, 0.05) is 32.4 Å². The van der Waals surface area contributed by atoms with Crippen molar-refractivity contribution in [3.63, 3.8) is 0 Å². The number of amides is 1. The van der Waals surface area contributed by atoms with Crippen molar-refractivity contribution in [1.29, 1.82) is 0 Å². The van der Waals surface area contributed by atoms with Crippen LogP contribution in [0.2, 0.25) is 0 Å². The van der Waals surface area contributed by atoms with Crippen LogP contribution in [-0.2, 0) is 7.05 Å². The summed E-state index contributed by atoms with van der Waals surface area (Å²) in [5, 5.41) is 0. The minimum atomic E-state index is -0.602. The average Bonchev–Trinajstić information content (AvgIpc) is 3.01. The summed E-state index contributed by atoms with van der Waals surface area (Å²) in [6.07, 6.45) is 6.03. The third-order valence-corrected chi connectivity index (χ3v) is 4.70. The summed E-state index contributed by atoms with van der Waals surface area (Å²) in [5.41, 5.74) is -1.06. The molecule has 0 unspecified atom stereocenters. The Balaban J connectivity index is 1.72. The lowest BCUT2D eigenvalue weighted by molar-refractivity contribution is 0.0768. The maximum Gasteiger partial charge on any atom is 0.328 e. The molecule has 0 aliphatic carbocycles. The van der Waals surface area contributed by atoms with E-state index in [4.69, 9.17) is 0 Å². The van der Waals surface area contributed by atoms with Gasteiger partial charge in [-0.15, -0.1) is 0 Å². The van der Waals surface area contributed by atoms with Crippen LogP contribution in [0.1, 0.15) is 36.0 Å². The number of aryl methyl sites for hydroxylation is 1. The van der Waals surface area contributed by atoms with Crippen molar-refractivity contribution in [2.75, 3.05) is 26.2 Å². The van der Waals surface area contributed by atoms with Crippen molar-refractivity contribution in [3.8, 4) is 0 Å². The Bertz CT molecular complexity index is 672. The molecule has 7 nitrogen and oxygen atoms in total. The molecule has 0 radical (unpaired) electrons. The largest absolute Gasteiger partial charge is 0.337 e. The molecule has 2 aliphatic rings. The molecule has 7 heteroatoms. The summed E-state index contributed by atoms with van der Waals surface area (Å²) >= 11 is 0. The molecule has 22 heavy (non-hydrogen) atoms. The van der Waals surface area contributed by atoms with Crippen molar-refractivity contribution in [2.24, 2.45) is 7.05 Å². The van der Waals surface area contributed by atoms with Crippen LogP contribution in [0.5, 0.6) is 0 Å². The second kappa shape index (κ2) is 6.08. The molecule has 0 bridgehead atoms. The Morgan fingerprint density at radius 1 is 1.18 bits per heavy atom. The summed E-state index contributed by atoms with van der Waals surface area (Å²) < 4.78 is 1.23. The molecule has 1 N–H and O–H groups in total. The van der Waals surface area contributed by atoms with Crippen molar-refractivity contribution in [2.45, 2.75) is 31.7 Å². The highest BCUT2D eigenvalue weighted by atomic mass is 16.2. The lowest BCUT2D eigenvalue weighted by Gasteiger charge is -2.32. The second-order valence-corrected chi connectivity index (χ2v) is 6.20. The molecule has 0 spiro atoms. The van der Waals surface area contributed by atoms with E-state index in [0.717, 1.165) is 19.5 Å². The summed E-state index contributed by atoms with van der Waals surface area (Å²) in [6, 6.07) is 0.399. The number of aromatic amines is 1. The summed E-state index contributed by atoms with van der Waals surface area (Å²) in [4.78, 5) is 42.1. The van der Waals surface area contributed by atoms with Gasteiger partial charge in [-0.3, -0.25) is 19.5 Å². The number of nitrogens with one attached hydrogen (secondary N) is 1. The molecule has 2 aliphatic heterocycles. The Hall–Kier alpha value is -1.89. The fraction of sp³-hybridized carbons (Fsp3) is 0.667. The molecule has 120 valence electrons. The van der Waals surface area contributed by atoms with Crippen LogP contribution in [0, 0.1) is 0 Å². The fourth-order valence-corrected chi connectivity index (χ4v) is 3.39. The Labute approximate surface area is 128 Å². The van der Waals surface area contributed by atoms with Crippen LogP contribution in [0.3, 0.4) is 0 Å². The smallest absolute Gasteiger partial charge is 0.328 e. The molecule has 3 heterocycles. The van der Waals surface area contributed by atoms with E-state index in [1.165, 1.54) is 37.1 Å². The van der Waals surface area contributed by atoms with Crippen LogP contribution >= 0.6 is 0 Å². The Morgan fingerprint density at radius 3 is 2.64 bits per heavy atom. The Morgan fingerprint density at radius 2 is 1.91 bits per heavy atom. The summed E-state index contributed by atoms with van der Waals surface area (Å²) in [7, 11) is 1.52. The van der Waals surface area contributed by atoms with Crippen LogP contribution in [-0.4, -0.2) is 57.5 Å². The van der Waals surface area contributed by atoms with E-state index in [1.807, 2.05) is 0 Å². The molecule has 1 amide bonds. The van der Waals surface area contributed by atoms with Gasteiger partial charge in [0.2, 0.25) is 0 Å². The van der Waals surface area contributed by atoms with Crippen molar-refractivity contribution in [3.05, 3.63) is 32.6 Å². The first-order valence-corrected chi connectivity index (χ1v) is 7.89. The number of aromatic nitrogens is 2. The van der Waals surface area contributed by atoms with Crippen molar-refractivity contribution >= 4 is 5.91 Å². The quantitative estimate of drug-likeness (QED) is 0.819. The number of piperidine rings is 1. The molecule has 2 saturated heterocycles. The lowest BCUT2D eigenvalue weighted by Crippen LogP contribution is -2.42. The average molecular weight is 306 g/mol. The van der Waals surface area contributed by atoms with Gasteiger partial charge in [-0.1, -0.05) is 6.42 Å². The zero-order chi connectivity index (χ0) is 15.7. The number of rotatable bonds is 2. The van der Waals surface area contributed by atoms with E-state index in [2.05, 4.69) is 9.88 Å². The number of carbonyl (C=O) groups excluding carboxylic acids is 1. The van der Waals surface area contributed by atoms with Crippen molar-refractivity contribution < 1.29 is 4.79 Å². The van der Waals surface area contributed by atoms with Crippen LogP contribution in [0.15, 0.2) is 15.8 Å². The standard InChI is InChI=1S/C15H22N4O3/c1-17-10-12(13(20)16-15(17)22)14(21)19-8-5-11(9-19)18-6-3-2-4-7-18/h10-11H,2-9H2,1H3,(H,16,20,22)/t11-/m1/s1. The SMILES string of the molecule is Cn1cc(C(=O)N2CC[C@@H](N3CCCCC3)C2)c(=O)[nH]c1=O. The van der Waals surface area contributed by atoms with Gasteiger partial charge in [0.15, 0.2) is 0 Å². The van der Waals surface area contributed by atoms with Gasteiger partial charge >= 0.3 is 5.69 Å². The maximum absolute atomic E-state index is 12.5. The predicted molar refractivity (Wildman–Crippen MR) is 82.0 cm³/mol. The number of hydrogen-bond acceptors (Lipinski definition) is 4. The van der Waals surface area contributed by atoms with E-state index in [0.29, 0.717) is 19.1 Å². The molecule has 3 rings (SSSR count). The minimum Gasteiger partial charge on any atom is -0.337 e. The zero-order valence-corrected chi connectivity index (χ0v) is 12.9. The molecular weight excluding hydrogens is 284 g/mol. The van der Waals surface area contributed by atoms with Crippen LogP contribution < -0.4 is 11.2 Å². The monoisotopic (exact) mass is 306 g/mol. The molecule has 0 saturated carbocycles. The normalized spacial score (nSPS) is 23.0. The first-order chi connectivity index (χ1) is 10.6. The van der Waals surface area contributed by atoms with Crippen LogP contribution in [0.4, 0.5) is 0 Å². The molecule has 0 aromatic carbocycles. The number of hydrogen-bond donors (Lipinski definition) is 1. The number of nitrogens with zero attached hydrogens (tertiary/aromatic N) is 3. The highest BCUT2D eigenvalue weighted by molar-refractivity contribution is 5.93. The van der Waals surface area contributed by atoms with E-state index < -0.39 is 11.2 Å². The third kappa shape index (κ3) is 2.85. The van der Waals surface area contributed by atoms with Gasteiger partial charge in [0.05, 0.1) is 0 Å². The molecule has 1 aromatic rings. The first kappa shape index (κ1) is 15.0. The van der Waals surface area contributed by atoms with E-state index in [-0.39, 0.29) is 11.5 Å². The second-order valence-electron chi connectivity index (χ2n) is 6.20. The van der Waals surface area contributed by atoms with Crippen LogP contribution in [0.25, 0.3) is 0 Å². The van der Waals surface area contributed by atoms with E-state index >= 15 is 0 Å². The minimum absolute atomic E-state index is 0.0430. The predicted octanol–water partition coefficient (Wildman–Crippen LogP) is -0.226. The summed E-state index contributed by atoms with van der Waals surface area (Å²) in [5.74, 6) is -0.281. The lowest BCUT2D eigenvalue weighted by atomic mass is 10.1. The van der Waals surface area contributed by atoms with Gasteiger partial charge in [0.1, 0.15) is 5.56 Å². The van der Waals surface area contributed by atoms with Gasteiger partial charge in [-0.25, -0.2) is 4.79 Å². The van der Waals surface area contributed by atoms with Gasteiger partial charge in [-0.2, -0.15) is 0 Å².